The van der Waals surface area contributed by atoms with E-state index in [1.54, 1.807) is 12.1 Å². The minimum Gasteiger partial charge on any atom is -0.376 e. The molecule has 30 heavy (non-hydrogen) atoms. The number of hydrogen-bond donors (Lipinski definition) is 3. The number of ether oxygens (including phenoxy) is 1. The van der Waals surface area contributed by atoms with E-state index in [4.69, 9.17) is 4.74 Å². The summed E-state index contributed by atoms with van der Waals surface area (Å²) in [6, 6.07) is 20.9. The number of rotatable bonds is 7. The molecule has 1 heterocycles. The van der Waals surface area contributed by atoms with E-state index in [1.807, 2.05) is 54.6 Å². The molecule has 2 amide bonds. The largest absolute Gasteiger partial charge is 0.376 e. The molecular weight excluding hydrogens is 378 g/mol. The van der Waals surface area contributed by atoms with Crippen LogP contribution in [0.4, 0.5) is 11.4 Å². The highest BCUT2D eigenvalue weighted by molar-refractivity contribution is 6.04. The smallest absolute Gasteiger partial charge is 0.253 e. The Morgan fingerprint density at radius 3 is 2.57 bits per heavy atom. The van der Waals surface area contributed by atoms with Gasteiger partial charge < -0.3 is 20.7 Å². The van der Waals surface area contributed by atoms with E-state index < -0.39 is 0 Å². The van der Waals surface area contributed by atoms with Crippen LogP contribution in [0.25, 0.3) is 10.8 Å². The van der Waals surface area contributed by atoms with Gasteiger partial charge >= 0.3 is 0 Å². The normalized spacial score (nSPS) is 15.7. The van der Waals surface area contributed by atoms with Crippen molar-refractivity contribution in [3.63, 3.8) is 0 Å². The Morgan fingerprint density at radius 1 is 0.933 bits per heavy atom. The zero-order chi connectivity index (χ0) is 20.8. The van der Waals surface area contributed by atoms with Gasteiger partial charge in [-0.2, -0.15) is 0 Å². The number of anilines is 2. The van der Waals surface area contributed by atoms with Gasteiger partial charge in [-0.15, -0.1) is 0 Å². The van der Waals surface area contributed by atoms with Gasteiger partial charge in [0.05, 0.1) is 18.2 Å². The first-order valence-electron chi connectivity index (χ1n) is 10.2. The maximum Gasteiger partial charge on any atom is 0.253 e. The number of amides is 2. The summed E-state index contributed by atoms with van der Waals surface area (Å²) in [4.78, 5) is 25.1. The summed E-state index contributed by atoms with van der Waals surface area (Å²) < 4.78 is 5.55. The molecule has 0 saturated carbocycles. The fraction of sp³-hybridized carbons (Fsp3) is 0.250. The lowest BCUT2D eigenvalue weighted by Gasteiger charge is -2.14. The second-order valence-corrected chi connectivity index (χ2v) is 7.32. The predicted molar refractivity (Wildman–Crippen MR) is 119 cm³/mol. The van der Waals surface area contributed by atoms with Crippen LogP contribution in [0.15, 0.2) is 66.7 Å². The van der Waals surface area contributed by atoms with Gasteiger partial charge in [0.25, 0.3) is 5.91 Å². The Kier molecular flexibility index (Phi) is 6.25. The van der Waals surface area contributed by atoms with Gasteiger partial charge in [-0.25, -0.2) is 0 Å². The van der Waals surface area contributed by atoms with E-state index in [1.165, 1.54) is 0 Å². The molecule has 0 aliphatic carbocycles. The van der Waals surface area contributed by atoms with E-state index in [2.05, 4.69) is 16.0 Å². The lowest BCUT2D eigenvalue weighted by atomic mass is 10.1. The van der Waals surface area contributed by atoms with Gasteiger partial charge in [0, 0.05) is 29.9 Å². The molecule has 3 aromatic rings. The number of fused-ring (bicyclic) bond motifs is 1. The van der Waals surface area contributed by atoms with E-state index >= 15 is 0 Å². The van der Waals surface area contributed by atoms with Crippen LogP contribution in [0.2, 0.25) is 0 Å². The third-order valence-electron chi connectivity index (χ3n) is 5.19. The summed E-state index contributed by atoms with van der Waals surface area (Å²) in [7, 11) is 0. The first kappa shape index (κ1) is 19.9. The molecule has 0 spiro atoms. The zero-order valence-corrected chi connectivity index (χ0v) is 16.7. The number of carbonyl (C=O) groups excluding carboxylic acids is 2. The van der Waals surface area contributed by atoms with Crippen molar-refractivity contribution in [3.05, 3.63) is 72.3 Å². The number of carbonyl (C=O) groups is 2. The van der Waals surface area contributed by atoms with Crippen molar-refractivity contribution in [2.45, 2.75) is 18.9 Å². The molecule has 6 heteroatoms. The van der Waals surface area contributed by atoms with Crippen LogP contribution >= 0.6 is 0 Å². The predicted octanol–water partition coefficient (Wildman–Crippen LogP) is 3.80. The average Bonchev–Trinajstić information content (AvgIpc) is 3.30. The van der Waals surface area contributed by atoms with Gasteiger partial charge in [0.15, 0.2) is 0 Å². The second kappa shape index (κ2) is 9.41. The molecule has 4 rings (SSSR count). The Balaban J connectivity index is 1.37. The van der Waals surface area contributed by atoms with Gasteiger partial charge in [-0.3, -0.25) is 9.59 Å². The summed E-state index contributed by atoms with van der Waals surface area (Å²) >= 11 is 0. The third kappa shape index (κ3) is 4.78. The van der Waals surface area contributed by atoms with Gasteiger partial charge in [-0.1, -0.05) is 48.5 Å². The Hall–Kier alpha value is -3.38. The molecular formula is C24H25N3O3. The van der Waals surface area contributed by atoms with Crippen LogP contribution in [0, 0.1) is 0 Å². The highest BCUT2D eigenvalue weighted by Crippen LogP contribution is 2.23. The van der Waals surface area contributed by atoms with Crippen LogP contribution < -0.4 is 16.0 Å². The minimum atomic E-state index is -0.180. The van der Waals surface area contributed by atoms with Gasteiger partial charge in [-0.05, 0) is 36.4 Å². The third-order valence-corrected chi connectivity index (χ3v) is 5.19. The van der Waals surface area contributed by atoms with E-state index in [-0.39, 0.29) is 24.5 Å². The van der Waals surface area contributed by atoms with Crippen molar-refractivity contribution in [2.24, 2.45) is 0 Å². The monoisotopic (exact) mass is 403 g/mol. The lowest BCUT2D eigenvalue weighted by molar-refractivity contribution is -0.114. The summed E-state index contributed by atoms with van der Waals surface area (Å²) in [5.41, 5.74) is 1.89. The molecule has 6 nitrogen and oxygen atoms in total. The van der Waals surface area contributed by atoms with Crippen LogP contribution in [-0.4, -0.2) is 37.6 Å². The van der Waals surface area contributed by atoms with Crippen molar-refractivity contribution in [1.82, 2.24) is 5.32 Å². The molecule has 3 aromatic carbocycles. The Bertz CT molecular complexity index is 1040. The first-order chi connectivity index (χ1) is 14.7. The maximum atomic E-state index is 12.6. The number of benzene rings is 3. The Labute approximate surface area is 175 Å². The van der Waals surface area contributed by atoms with Crippen molar-refractivity contribution in [1.29, 1.82) is 0 Å². The van der Waals surface area contributed by atoms with Crippen LogP contribution in [0.1, 0.15) is 23.2 Å². The molecule has 0 aromatic heterocycles. The molecule has 0 bridgehead atoms. The second-order valence-electron chi connectivity index (χ2n) is 7.32. The summed E-state index contributed by atoms with van der Waals surface area (Å²) in [6.45, 7) is 1.30. The average molecular weight is 403 g/mol. The first-order valence-corrected chi connectivity index (χ1v) is 10.2. The van der Waals surface area contributed by atoms with E-state index in [0.29, 0.717) is 17.8 Å². The fourth-order valence-electron chi connectivity index (χ4n) is 3.65. The van der Waals surface area contributed by atoms with Crippen LogP contribution in [0.3, 0.4) is 0 Å². The molecule has 1 aliphatic rings. The van der Waals surface area contributed by atoms with Gasteiger partial charge in [0.1, 0.15) is 0 Å². The molecule has 154 valence electrons. The topological polar surface area (TPSA) is 79.5 Å². The molecule has 1 unspecified atom stereocenters. The summed E-state index contributed by atoms with van der Waals surface area (Å²) in [5.74, 6) is -0.357. The molecule has 1 atom stereocenters. The SMILES string of the molecule is O=C(CNc1ccccc1C(=O)NCC1CCCO1)Nc1cccc2ccccc12. The van der Waals surface area contributed by atoms with Crippen LogP contribution in [-0.2, 0) is 9.53 Å². The quantitative estimate of drug-likeness (QED) is 0.561. The molecule has 1 saturated heterocycles. The number of hydrogen-bond acceptors (Lipinski definition) is 4. The number of nitrogens with one attached hydrogen (secondary N) is 3. The lowest BCUT2D eigenvalue weighted by Crippen LogP contribution is -2.32. The van der Waals surface area contributed by atoms with Crippen molar-refractivity contribution in [2.75, 3.05) is 30.3 Å². The summed E-state index contributed by atoms with van der Waals surface area (Å²) in [5, 5.41) is 11.0. The summed E-state index contributed by atoms with van der Waals surface area (Å²) in [6.07, 6.45) is 2.08. The molecule has 1 fully saturated rings. The fourth-order valence-corrected chi connectivity index (χ4v) is 3.65. The number of para-hydroxylation sites is 1. The maximum absolute atomic E-state index is 12.6. The highest BCUT2D eigenvalue weighted by atomic mass is 16.5. The van der Waals surface area contributed by atoms with Crippen molar-refractivity contribution in [3.8, 4) is 0 Å². The molecule has 0 radical (unpaired) electrons. The van der Waals surface area contributed by atoms with Crippen LogP contribution in [0.5, 0.6) is 0 Å². The molecule has 1 aliphatic heterocycles. The van der Waals surface area contributed by atoms with Gasteiger partial charge in [0.2, 0.25) is 5.91 Å². The van der Waals surface area contributed by atoms with Crippen molar-refractivity contribution >= 4 is 34.0 Å². The van der Waals surface area contributed by atoms with Crippen molar-refractivity contribution < 1.29 is 14.3 Å². The van der Waals surface area contributed by atoms with E-state index in [0.717, 1.165) is 35.9 Å². The highest BCUT2D eigenvalue weighted by Gasteiger charge is 2.18. The Morgan fingerprint density at radius 2 is 1.70 bits per heavy atom. The zero-order valence-electron chi connectivity index (χ0n) is 16.7. The minimum absolute atomic E-state index is 0.0548. The molecule has 3 N–H and O–H groups in total. The van der Waals surface area contributed by atoms with E-state index in [9.17, 15) is 9.59 Å². The standard InChI is InChI=1S/C24H25N3O3/c28-23(27-22-13-5-8-17-7-1-2-10-19(17)22)16-25-21-12-4-3-11-20(21)24(29)26-15-18-9-6-14-30-18/h1-5,7-8,10-13,18,25H,6,9,14-16H2,(H,26,29)(H,27,28).